The number of para-hydroxylation sites is 1. The fraction of sp³-hybridized carbons (Fsp3) is 0.143. The van der Waals surface area contributed by atoms with Crippen LogP contribution in [0, 0.1) is 10.1 Å². The normalized spacial score (nSPS) is 11.3. The van der Waals surface area contributed by atoms with Crippen LogP contribution in [0.25, 0.3) is 11.1 Å². The number of rotatable bonds is 5. The maximum Gasteiger partial charge on any atom is 0.277 e. The Balaban J connectivity index is 2.43. The smallest absolute Gasteiger partial charge is 0.258 e. The van der Waals surface area contributed by atoms with Gasteiger partial charge in [0.15, 0.2) is 0 Å². The van der Waals surface area contributed by atoms with Crippen LogP contribution in [0.15, 0.2) is 53.4 Å². The Kier molecular flexibility index (Phi) is 4.35. The molecule has 110 valence electrons. The summed E-state index contributed by atoms with van der Waals surface area (Å²) < 4.78 is 26.1. The lowest BCUT2D eigenvalue weighted by Gasteiger charge is -2.06. The maximum absolute atomic E-state index is 11.8. The van der Waals surface area contributed by atoms with E-state index in [1.165, 1.54) is 18.2 Å². The molecule has 0 fully saturated rings. The third-order valence-corrected chi connectivity index (χ3v) is 4.47. The molecule has 0 saturated carbocycles. The largest absolute Gasteiger partial charge is 0.277 e. The molecule has 2 aromatic rings. The average molecular weight is 306 g/mol. The average Bonchev–Trinajstić information content (AvgIpc) is 2.47. The van der Waals surface area contributed by atoms with Gasteiger partial charge in [0.1, 0.15) is 0 Å². The molecule has 2 rings (SSSR count). The van der Waals surface area contributed by atoms with E-state index in [4.69, 9.17) is 0 Å². The van der Waals surface area contributed by atoms with Gasteiger partial charge in [0, 0.05) is 12.6 Å². The summed E-state index contributed by atoms with van der Waals surface area (Å²) in [4.78, 5) is 10.7. The van der Waals surface area contributed by atoms with Crippen LogP contribution in [0.1, 0.15) is 6.92 Å². The van der Waals surface area contributed by atoms with Gasteiger partial charge in [0.2, 0.25) is 10.0 Å². The van der Waals surface area contributed by atoms with Crippen molar-refractivity contribution in [2.45, 2.75) is 11.8 Å². The van der Waals surface area contributed by atoms with Crippen LogP contribution in [0.4, 0.5) is 5.69 Å². The van der Waals surface area contributed by atoms with Gasteiger partial charge in [-0.3, -0.25) is 10.1 Å². The second-order valence-electron chi connectivity index (χ2n) is 4.30. The van der Waals surface area contributed by atoms with E-state index in [2.05, 4.69) is 4.72 Å². The summed E-state index contributed by atoms with van der Waals surface area (Å²) in [5.41, 5.74) is 1.03. The molecule has 0 atom stereocenters. The summed E-state index contributed by atoms with van der Waals surface area (Å²) >= 11 is 0. The Bertz CT molecular complexity index is 755. The van der Waals surface area contributed by atoms with Crippen molar-refractivity contribution in [3.63, 3.8) is 0 Å². The van der Waals surface area contributed by atoms with Gasteiger partial charge in [0.25, 0.3) is 5.69 Å². The predicted molar refractivity (Wildman–Crippen MR) is 79.4 cm³/mol. The molecule has 0 heterocycles. The molecule has 0 aliphatic rings. The van der Waals surface area contributed by atoms with Crippen molar-refractivity contribution in [1.29, 1.82) is 0 Å². The Labute approximate surface area is 122 Å². The minimum Gasteiger partial charge on any atom is -0.258 e. The molecule has 0 bridgehead atoms. The SMILES string of the molecule is CCNS(=O)(=O)c1ccc(-c2ccccc2[N+](=O)[O-])cc1. The highest BCUT2D eigenvalue weighted by Crippen LogP contribution is 2.29. The van der Waals surface area contributed by atoms with E-state index in [0.717, 1.165) is 0 Å². The maximum atomic E-state index is 11.8. The number of hydrogen-bond donors (Lipinski definition) is 1. The van der Waals surface area contributed by atoms with Gasteiger partial charge in [-0.2, -0.15) is 0 Å². The van der Waals surface area contributed by atoms with E-state index in [1.807, 2.05) is 0 Å². The van der Waals surface area contributed by atoms with Crippen LogP contribution >= 0.6 is 0 Å². The zero-order valence-electron chi connectivity index (χ0n) is 11.3. The van der Waals surface area contributed by atoms with Crippen molar-refractivity contribution < 1.29 is 13.3 Å². The molecule has 0 amide bonds. The van der Waals surface area contributed by atoms with Crippen LogP contribution in [-0.4, -0.2) is 19.9 Å². The predicted octanol–water partition coefficient (Wildman–Crippen LogP) is 2.56. The minimum atomic E-state index is -3.52. The lowest BCUT2D eigenvalue weighted by Crippen LogP contribution is -2.22. The van der Waals surface area contributed by atoms with E-state index >= 15 is 0 Å². The van der Waals surface area contributed by atoms with Crippen molar-refractivity contribution in [2.75, 3.05) is 6.54 Å². The summed E-state index contributed by atoms with van der Waals surface area (Å²) in [6.45, 7) is 1.99. The van der Waals surface area contributed by atoms with Gasteiger partial charge in [-0.25, -0.2) is 13.1 Å². The molecule has 7 heteroatoms. The van der Waals surface area contributed by atoms with Gasteiger partial charge in [-0.15, -0.1) is 0 Å². The molecule has 0 aliphatic carbocycles. The van der Waals surface area contributed by atoms with Crippen molar-refractivity contribution in [3.8, 4) is 11.1 Å². The minimum absolute atomic E-state index is 0.0141. The van der Waals surface area contributed by atoms with Crippen molar-refractivity contribution in [3.05, 3.63) is 58.6 Å². The molecule has 21 heavy (non-hydrogen) atoms. The van der Waals surface area contributed by atoms with Gasteiger partial charge in [-0.05, 0) is 23.8 Å². The van der Waals surface area contributed by atoms with E-state index in [0.29, 0.717) is 17.7 Å². The Morgan fingerprint density at radius 2 is 1.71 bits per heavy atom. The first kappa shape index (κ1) is 15.1. The van der Waals surface area contributed by atoms with Crippen molar-refractivity contribution >= 4 is 15.7 Å². The number of benzene rings is 2. The quantitative estimate of drug-likeness (QED) is 0.679. The number of nitro groups is 1. The van der Waals surface area contributed by atoms with Crippen molar-refractivity contribution in [1.82, 2.24) is 4.72 Å². The third kappa shape index (κ3) is 3.26. The number of nitrogens with zero attached hydrogens (tertiary/aromatic N) is 1. The summed E-state index contributed by atoms with van der Waals surface area (Å²) in [6, 6.07) is 12.3. The van der Waals surface area contributed by atoms with Crippen LogP contribution < -0.4 is 4.72 Å². The molecule has 0 unspecified atom stereocenters. The van der Waals surface area contributed by atoms with E-state index in [9.17, 15) is 18.5 Å². The highest BCUT2D eigenvalue weighted by atomic mass is 32.2. The van der Waals surface area contributed by atoms with Gasteiger partial charge in [0.05, 0.1) is 15.4 Å². The molecular weight excluding hydrogens is 292 g/mol. The topological polar surface area (TPSA) is 89.3 Å². The molecule has 0 aliphatic heterocycles. The molecular formula is C14H14N2O4S. The molecule has 0 aromatic heterocycles. The van der Waals surface area contributed by atoms with Gasteiger partial charge >= 0.3 is 0 Å². The van der Waals surface area contributed by atoms with Crippen LogP contribution in [-0.2, 0) is 10.0 Å². The lowest BCUT2D eigenvalue weighted by atomic mass is 10.0. The third-order valence-electron chi connectivity index (χ3n) is 2.91. The molecule has 2 aromatic carbocycles. The first-order chi connectivity index (χ1) is 9.95. The summed E-state index contributed by atoms with van der Waals surface area (Å²) in [7, 11) is -3.52. The molecule has 0 spiro atoms. The molecule has 1 N–H and O–H groups in total. The molecule has 0 saturated heterocycles. The first-order valence-corrected chi connectivity index (χ1v) is 7.77. The number of nitrogens with one attached hydrogen (secondary N) is 1. The fourth-order valence-electron chi connectivity index (χ4n) is 1.96. The number of hydrogen-bond acceptors (Lipinski definition) is 4. The zero-order valence-corrected chi connectivity index (χ0v) is 12.1. The first-order valence-electron chi connectivity index (χ1n) is 6.29. The highest BCUT2D eigenvalue weighted by molar-refractivity contribution is 7.89. The summed E-state index contributed by atoms with van der Waals surface area (Å²) in [6.07, 6.45) is 0. The van der Waals surface area contributed by atoms with Crippen LogP contribution in [0.5, 0.6) is 0 Å². The second kappa shape index (κ2) is 6.02. The molecule has 6 nitrogen and oxygen atoms in total. The standard InChI is InChI=1S/C14H14N2O4S/c1-2-15-21(19,20)12-9-7-11(8-10-12)13-5-3-4-6-14(13)16(17)18/h3-10,15H,2H2,1H3. The second-order valence-corrected chi connectivity index (χ2v) is 6.07. The fourth-order valence-corrected chi connectivity index (χ4v) is 3.01. The van der Waals surface area contributed by atoms with E-state index in [-0.39, 0.29) is 10.6 Å². The van der Waals surface area contributed by atoms with E-state index in [1.54, 1.807) is 37.3 Å². The monoisotopic (exact) mass is 306 g/mol. The van der Waals surface area contributed by atoms with Gasteiger partial charge < -0.3 is 0 Å². The van der Waals surface area contributed by atoms with Crippen molar-refractivity contribution in [2.24, 2.45) is 0 Å². The Morgan fingerprint density at radius 3 is 2.29 bits per heavy atom. The zero-order chi connectivity index (χ0) is 15.5. The van der Waals surface area contributed by atoms with Crippen LogP contribution in [0.3, 0.4) is 0 Å². The Morgan fingerprint density at radius 1 is 1.10 bits per heavy atom. The highest BCUT2D eigenvalue weighted by Gasteiger charge is 2.16. The lowest BCUT2D eigenvalue weighted by molar-refractivity contribution is -0.384. The Hall–Kier alpha value is -2.25. The number of sulfonamides is 1. The number of nitro benzene ring substituents is 1. The molecule has 0 radical (unpaired) electrons. The summed E-state index contributed by atoms with van der Waals surface area (Å²) in [5.74, 6) is 0. The van der Waals surface area contributed by atoms with Gasteiger partial charge in [-0.1, -0.05) is 31.2 Å². The van der Waals surface area contributed by atoms with E-state index < -0.39 is 14.9 Å². The summed E-state index contributed by atoms with van der Waals surface area (Å²) in [5, 5.41) is 11.0. The van der Waals surface area contributed by atoms with Crippen LogP contribution in [0.2, 0.25) is 0 Å².